The van der Waals surface area contributed by atoms with Crippen LogP contribution in [0.25, 0.3) is 0 Å². The molecule has 1 heterocycles. The number of nitrogens with zero attached hydrogens (tertiary/aromatic N) is 2. The largest absolute Gasteiger partial charge is 0.477 e. The van der Waals surface area contributed by atoms with E-state index in [0.29, 0.717) is 11.6 Å². The Kier molecular flexibility index (Phi) is 6.14. The van der Waals surface area contributed by atoms with E-state index in [1.54, 1.807) is 12.1 Å². The molecule has 128 valence electrons. The van der Waals surface area contributed by atoms with Gasteiger partial charge in [0.05, 0.1) is 15.5 Å². The van der Waals surface area contributed by atoms with Gasteiger partial charge in [-0.25, -0.2) is 14.0 Å². The number of rotatable bonds is 6. The zero-order chi connectivity index (χ0) is 17.4. The van der Waals surface area contributed by atoms with Crippen LogP contribution in [0, 0.1) is 0 Å². The van der Waals surface area contributed by atoms with Crippen molar-refractivity contribution < 1.29 is 18.5 Å². The molecule has 0 fully saturated rings. The minimum Gasteiger partial charge on any atom is -0.477 e. The van der Waals surface area contributed by atoms with Gasteiger partial charge in [0.15, 0.2) is 0 Å². The molecule has 2 aromatic rings. The first-order valence-electron chi connectivity index (χ1n) is 7.19. The minimum atomic E-state index is -2.75. The van der Waals surface area contributed by atoms with Gasteiger partial charge in [-0.15, -0.1) is 4.36 Å². The average Bonchev–Trinajstić information content (AvgIpc) is 2.53. The van der Waals surface area contributed by atoms with Crippen molar-refractivity contribution in [1.29, 1.82) is 0 Å². The number of nitrogens with two attached hydrogens (primary N) is 1. The van der Waals surface area contributed by atoms with Gasteiger partial charge < -0.3 is 15.2 Å². The molecule has 2 rings (SSSR count). The first-order valence-corrected chi connectivity index (χ1v) is 9.29. The van der Waals surface area contributed by atoms with Crippen molar-refractivity contribution in [2.75, 3.05) is 24.3 Å². The molecule has 0 saturated carbocycles. The van der Waals surface area contributed by atoms with Crippen molar-refractivity contribution in [3.63, 3.8) is 0 Å². The Morgan fingerprint density at radius 2 is 2.04 bits per heavy atom. The zero-order valence-corrected chi connectivity index (χ0v) is 14.1. The van der Waals surface area contributed by atoms with Crippen LogP contribution in [0.1, 0.15) is 5.56 Å². The summed E-state index contributed by atoms with van der Waals surface area (Å²) >= 11 is 0. The highest BCUT2D eigenvalue weighted by Gasteiger charge is 2.09. The molecule has 24 heavy (non-hydrogen) atoms. The number of benzene rings is 1. The molecule has 1 aromatic heterocycles. The summed E-state index contributed by atoms with van der Waals surface area (Å²) < 4.78 is 26.2. The topological polar surface area (TPSA) is 104 Å². The number of ether oxygens (including phenoxy) is 2. The molecule has 0 radical (unpaired) electrons. The van der Waals surface area contributed by atoms with E-state index in [-0.39, 0.29) is 19.0 Å². The van der Waals surface area contributed by atoms with Crippen molar-refractivity contribution in [3.8, 4) is 5.88 Å². The molecular weight excluding hydrogens is 330 g/mol. The second-order valence-electron chi connectivity index (χ2n) is 5.07. The number of amides is 1. The maximum atomic E-state index is 12.3. The van der Waals surface area contributed by atoms with E-state index in [2.05, 4.69) is 9.35 Å². The second kappa shape index (κ2) is 8.30. The van der Waals surface area contributed by atoms with Crippen molar-refractivity contribution in [2.24, 2.45) is 4.36 Å². The van der Waals surface area contributed by atoms with Crippen LogP contribution in [0.4, 0.5) is 10.5 Å². The Bertz CT molecular complexity index is 802. The smallest absolute Gasteiger partial charge is 0.442 e. The maximum Gasteiger partial charge on any atom is 0.442 e. The first kappa shape index (κ1) is 17.7. The first-order chi connectivity index (χ1) is 11.4. The molecule has 1 aromatic carbocycles. The Hall–Kier alpha value is -2.61. The molecule has 1 amide bonds. The Labute approximate surface area is 141 Å². The van der Waals surface area contributed by atoms with Gasteiger partial charge in [-0.1, -0.05) is 30.3 Å². The monoisotopic (exact) mass is 349 g/mol. The standard InChI is InChI=1S/C16H19N3O4S/c1-24(21,10-9-22-15-11-14(17)7-8-18-15)19-16(20)23-12-13-5-3-2-4-6-13/h2-8,11H,9-10,12H2,1H3,(H2,17,18). The van der Waals surface area contributed by atoms with E-state index in [4.69, 9.17) is 15.2 Å². The van der Waals surface area contributed by atoms with Crippen LogP contribution < -0.4 is 10.5 Å². The third kappa shape index (κ3) is 6.25. The lowest BCUT2D eigenvalue weighted by Gasteiger charge is -2.07. The van der Waals surface area contributed by atoms with E-state index >= 15 is 0 Å². The van der Waals surface area contributed by atoms with Gasteiger partial charge >= 0.3 is 6.09 Å². The van der Waals surface area contributed by atoms with E-state index in [1.165, 1.54) is 12.5 Å². The Morgan fingerprint density at radius 1 is 1.29 bits per heavy atom. The van der Waals surface area contributed by atoms with Crippen molar-refractivity contribution in [3.05, 3.63) is 54.2 Å². The summed E-state index contributed by atoms with van der Waals surface area (Å²) in [6.45, 7) is 0.184. The van der Waals surface area contributed by atoms with Crippen LogP contribution in [0.3, 0.4) is 0 Å². The molecular formula is C16H19N3O4S. The van der Waals surface area contributed by atoms with E-state index in [0.717, 1.165) is 5.56 Å². The number of hydrogen-bond acceptors (Lipinski definition) is 6. The summed E-state index contributed by atoms with van der Waals surface area (Å²) in [5, 5.41) is 0. The number of carbonyl (C=O) groups is 1. The fraction of sp³-hybridized carbons (Fsp3) is 0.250. The number of aromatic nitrogens is 1. The summed E-state index contributed by atoms with van der Waals surface area (Å²) in [7, 11) is -2.75. The molecule has 0 aliphatic carbocycles. The van der Waals surface area contributed by atoms with Crippen molar-refractivity contribution in [2.45, 2.75) is 6.61 Å². The van der Waals surface area contributed by atoms with Crippen LogP contribution >= 0.6 is 0 Å². The lowest BCUT2D eigenvalue weighted by molar-refractivity contribution is 0.151. The Morgan fingerprint density at radius 3 is 2.75 bits per heavy atom. The average molecular weight is 349 g/mol. The van der Waals surface area contributed by atoms with Crippen LogP contribution in [0.5, 0.6) is 5.88 Å². The molecule has 0 saturated heterocycles. The fourth-order valence-electron chi connectivity index (χ4n) is 1.75. The summed E-state index contributed by atoms with van der Waals surface area (Å²) in [4.78, 5) is 15.6. The second-order valence-corrected chi connectivity index (χ2v) is 7.58. The molecule has 1 unspecified atom stereocenters. The quantitative estimate of drug-likeness (QED) is 0.859. The molecule has 0 bridgehead atoms. The van der Waals surface area contributed by atoms with Crippen LogP contribution in [-0.2, 0) is 21.1 Å². The zero-order valence-electron chi connectivity index (χ0n) is 13.3. The van der Waals surface area contributed by atoms with Gasteiger partial charge in [0.1, 0.15) is 13.2 Å². The highest BCUT2D eigenvalue weighted by molar-refractivity contribution is 7.93. The van der Waals surface area contributed by atoms with Crippen molar-refractivity contribution in [1.82, 2.24) is 4.98 Å². The van der Waals surface area contributed by atoms with E-state index in [9.17, 15) is 9.00 Å². The summed E-state index contributed by atoms with van der Waals surface area (Å²) in [6, 6.07) is 12.4. The van der Waals surface area contributed by atoms with Gasteiger partial charge in [-0.3, -0.25) is 0 Å². The maximum absolute atomic E-state index is 12.3. The van der Waals surface area contributed by atoms with Crippen molar-refractivity contribution >= 4 is 21.5 Å². The summed E-state index contributed by atoms with van der Waals surface area (Å²) in [5.74, 6) is 0.404. The van der Waals surface area contributed by atoms with Gasteiger partial charge in [0.2, 0.25) is 5.88 Å². The minimum absolute atomic E-state index is 0.0733. The summed E-state index contributed by atoms with van der Waals surface area (Å²) in [6.07, 6.45) is 2.04. The molecule has 7 nitrogen and oxygen atoms in total. The van der Waals surface area contributed by atoms with Gasteiger partial charge in [-0.05, 0) is 11.6 Å². The summed E-state index contributed by atoms with van der Waals surface area (Å²) in [5.41, 5.74) is 6.96. The lowest BCUT2D eigenvalue weighted by atomic mass is 10.2. The van der Waals surface area contributed by atoms with E-state index < -0.39 is 15.8 Å². The molecule has 0 aliphatic rings. The molecule has 0 spiro atoms. The highest BCUT2D eigenvalue weighted by Crippen LogP contribution is 2.10. The number of hydrogen-bond donors (Lipinski definition) is 1. The third-order valence-corrected chi connectivity index (χ3v) is 4.40. The van der Waals surface area contributed by atoms with Gasteiger partial charge in [0, 0.05) is 24.2 Å². The van der Waals surface area contributed by atoms with E-state index in [1.807, 2.05) is 30.3 Å². The fourth-order valence-corrected chi connectivity index (χ4v) is 2.61. The predicted octanol–water partition coefficient (Wildman–Crippen LogP) is 2.48. The van der Waals surface area contributed by atoms with Crippen LogP contribution in [0.15, 0.2) is 53.0 Å². The number of carbonyl (C=O) groups excluding carboxylic acids is 1. The molecule has 0 aliphatic heterocycles. The third-order valence-electron chi connectivity index (χ3n) is 2.94. The van der Waals surface area contributed by atoms with Crippen LogP contribution in [0.2, 0.25) is 0 Å². The highest BCUT2D eigenvalue weighted by atomic mass is 32.2. The lowest BCUT2D eigenvalue weighted by Crippen LogP contribution is -2.15. The predicted molar refractivity (Wildman–Crippen MR) is 92.1 cm³/mol. The molecule has 1 atom stereocenters. The Balaban J connectivity index is 1.83. The number of pyridine rings is 1. The normalized spacial score (nSPS) is 12.9. The van der Waals surface area contributed by atoms with Crippen LogP contribution in [-0.4, -0.2) is 33.9 Å². The molecule has 2 N–H and O–H groups in total. The number of anilines is 1. The molecule has 8 heteroatoms. The van der Waals surface area contributed by atoms with Gasteiger partial charge in [0.25, 0.3) is 0 Å². The van der Waals surface area contributed by atoms with Gasteiger partial charge in [-0.2, -0.15) is 0 Å². The number of nitrogen functional groups attached to an aromatic ring is 1. The SMILES string of the molecule is CS(=O)(CCOc1cc(N)ccn1)=NC(=O)OCc1ccccc1.